The van der Waals surface area contributed by atoms with E-state index < -0.39 is 0 Å². The minimum Gasteiger partial charge on any atom is -0.489 e. The summed E-state index contributed by atoms with van der Waals surface area (Å²) in [5.74, 6) is 1.61. The molecule has 24 heavy (non-hydrogen) atoms. The molecule has 0 N–H and O–H groups in total. The number of benzene rings is 2. The van der Waals surface area contributed by atoms with E-state index in [1.807, 2.05) is 24.3 Å². The van der Waals surface area contributed by atoms with Crippen LogP contribution in [0.25, 0.3) is 0 Å². The van der Waals surface area contributed by atoms with Crippen molar-refractivity contribution in [3.63, 3.8) is 0 Å². The lowest BCUT2D eigenvalue weighted by Gasteiger charge is -2.09. The Hall–Kier alpha value is -3.10. The highest BCUT2D eigenvalue weighted by Gasteiger charge is 2.03. The van der Waals surface area contributed by atoms with E-state index in [0.717, 1.165) is 5.56 Å². The van der Waals surface area contributed by atoms with E-state index in [-0.39, 0.29) is 5.28 Å². The Morgan fingerprint density at radius 2 is 1.83 bits per heavy atom. The molecular weight excluding hydrogens is 326 g/mol. The number of hydrogen-bond donors (Lipinski definition) is 0. The molecule has 1 aromatic heterocycles. The number of nitriles is 1. The monoisotopic (exact) mass is 337 g/mol. The molecule has 1 heterocycles. The summed E-state index contributed by atoms with van der Waals surface area (Å²) in [5.41, 5.74) is 1.60. The summed E-state index contributed by atoms with van der Waals surface area (Å²) >= 11 is 5.73. The molecule has 0 aliphatic rings. The van der Waals surface area contributed by atoms with Gasteiger partial charge in [0.15, 0.2) is 0 Å². The predicted molar refractivity (Wildman–Crippen MR) is 89.0 cm³/mol. The Kier molecular flexibility index (Phi) is 4.90. The van der Waals surface area contributed by atoms with Crippen LogP contribution in [0.1, 0.15) is 11.1 Å². The van der Waals surface area contributed by atoms with Crippen molar-refractivity contribution in [2.45, 2.75) is 6.61 Å². The Bertz CT molecular complexity index is 876. The van der Waals surface area contributed by atoms with Crippen molar-refractivity contribution in [2.75, 3.05) is 0 Å². The zero-order valence-corrected chi connectivity index (χ0v) is 13.3. The third kappa shape index (κ3) is 4.22. The summed E-state index contributed by atoms with van der Waals surface area (Å²) < 4.78 is 11.4. The van der Waals surface area contributed by atoms with Crippen LogP contribution in [0.15, 0.2) is 60.8 Å². The number of nitrogens with zero attached hydrogens (tertiary/aromatic N) is 3. The van der Waals surface area contributed by atoms with Crippen LogP contribution in [-0.2, 0) is 6.61 Å². The summed E-state index contributed by atoms with van der Waals surface area (Å²) in [4.78, 5) is 7.78. The normalized spacial score (nSPS) is 10.0. The van der Waals surface area contributed by atoms with E-state index >= 15 is 0 Å². The van der Waals surface area contributed by atoms with Crippen molar-refractivity contribution in [2.24, 2.45) is 0 Å². The lowest BCUT2D eigenvalue weighted by Crippen LogP contribution is -1.96. The average molecular weight is 338 g/mol. The topological polar surface area (TPSA) is 68.0 Å². The van der Waals surface area contributed by atoms with E-state index in [0.29, 0.717) is 29.5 Å². The lowest BCUT2D eigenvalue weighted by molar-refractivity contribution is 0.304. The van der Waals surface area contributed by atoms with Crippen LogP contribution in [0.4, 0.5) is 0 Å². The maximum absolute atomic E-state index is 8.79. The first-order valence-electron chi connectivity index (χ1n) is 7.11. The summed E-state index contributed by atoms with van der Waals surface area (Å²) in [5, 5.41) is 8.92. The van der Waals surface area contributed by atoms with E-state index in [1.54, 1.807) is 30.3 Å². The Morgan fingerprint density at radius 1 is 1.04 bits per heavy atom. The second kappa shape index (κ2) is 7.44. The van der Waals surface area contributed by atoms with Gasteiger partial charge in [-0.25, -0.2) is 4.98 Å². The zero-order chi connectivity index (χ0) is 16.8. The molecule has 118 valence electrons. The molecule has 6 heteroatoms. The van der Waals surface area contributed by atoms with Gasteiger partial charge in [-0.1, -0.05) is 18.2 Å². The molecule has 0 spiro atoms. The Morgan fingerprint density at radius 3 is 2.58 bits per heavy atom. The average Bonchev–Trinajstić information content (AvgIpc) is 2.61. The molecule has 3 rings (SSSR count). The van der Waals surface area contributed by atoms with E-state index in [1.165, 1.54) is 6.20 Å². The molecule has 0 bridgehead atoms. The fourth-order valence-corrected chi connectivity index (χ4v) is 2.11. The summed E-state index contributed by atoms with van der Waals surface area (Å²) in [6.07, 6.45) is 1.52. The molecule has 0 saturated heterocycles. The van der Waals surface area contributed by atoms with Crippen molar-refractivity contribution in [1.29, 1.82) is 5.26 Å². The molecule has 0 aliphatic carbocycles. The smallest absolute Gasteiger partial charge is 0.225 e. The van der Waals surface area contributed by atoms with E-state index in [4.69, 9.17) is 26.3 Å². The summed E-state index contributed by atoms with van der Waals surface area (Å²) in [6, 6.07) is 18.2. The van der Waals surface area contributed by atoms with Gasteiger partial charge in [-0.05, 0) is 41.4 Å². The SMILES string of the molecule is N#Cc1ccc(COc2cccc(Oc3ccnc(Cl)n3)c2)cc1. The van der Waals surface area contributed by atoms with Crippen LogP contribution in [0.2, 0.25) is 5.28 Å². The van der Waals surface area contributed by atoms with Crippen molar-refractivity contribution >= 4 is 11.6 Å². The van der Waals surface area contributed by atoms with Gasteiger partial charge in [0.05, 0.1) is 11.6 Å². The maximum atomic E-state index is 8.79. The first kappa shape index (κ1) is 15.8. The standard InChI is InChI=1S/C18H12ClN3O2/c19-18-21-9-8-17(22-18)24-16-3-1-2-15(10-16)23-12-14-6-4-13(11-20)5-7-14/h1-10H,12H2. The molecule has 0 saturated carbocycles. The molecule has 0 amide bonds. The van der Waals surface area contributed by atoms with Gasteiger partial charge in [0, 0.05) is 18.3 Å². The van der Waals surface area contributed by atoms with Gasteiger partial charge >= 0.3 is 0 Å². The molecule has 0 fully saturated rings. The highest BCUT2D eigenvalue weighted by Crippen LogP contribution is 2.25. The minimum atomic E-state index is 0.126. The highest BCUT2D eigenvalue weighted by molar-refractivity contribution is 6.28. The first-order chi connectivity index (χ1) is 11.7. The third-order valence-corrected chi connectivity index (χ3v) is 3.30. The number of halogens is 1. The molecular formula is C18H12ClN3O2. The molecule has 0 atom stereocenters. The van der Waals surface area contributed by atoms with Gasteiger partial charge in [0.25, 0.3) is 0 Å². The molecule has 3 aromatic rings. The largest absolute Gasteiger partial charge is 0.489 e. The van der Waals surface area contributed by atoms with Crippen LogP contribution in [-0.4, -0.2) is 9.97 Å². The van der Waals surface area contributed by atoms with Gasteiger partial charge < -0.3 is 9.47 Å². The van der Waals surface area contributed by atoms with Gasteiger partial charge in [-0.2, -0.15) is 10.2 Å². The molecule has 2 aromatic carbocycles. The van der Waals surface area contributed by atoms with Gasteiger partial charge in [-0.3, -0.25) is 0 Å². The van der Waals surface area contributed by atoms with Crippen molar-refractivity contribution in [3.05, 3.63) is 77.2 Å². The van der Waals surface area contributed by atoms with Gasteiger partial charge in [-0.15, -0.1) is 0 Å². The minimum absolute atomic E-state index is 0.126. The Balaban J connectivity index is 1.65. The quantitative estimate of drug-likeness (QED) is 0.646. The summed E-state index contributed by atoms with van der Waals surface area (Å²) in [7, 11) is 0. The number of ether oxygens (including phenoxy) is 2. The van der Waals surface area contributed by atoms with Crippen molar-refractivity contribution in [1.82, 2.24) is 9.97 Å². The van der Waals surface area contributed by atoms with Crippen molar-refractivity contribution < 1.29 is 9.47 Å². The summed E-state index contributed by atoms with van der Waals surface area (Å²) in [6.45, 7) is 0.397. The fraction of sp³-hybridized carbons (Fsp3) is 0.0556. The van der Waals surface area contributed by atoms with Gasteiger partial charge in [0.2, 0.25) is 11.2 Å². The highest BCUT2D eigenvalue weighted by atomic mass is 35.5. The molecule has 0 radical (unpaired) electrons. The number of rotatable bonds is 5. The Labute approximate surface area is 144 Å². The third-order valence-electron chi connectivity index (χ3n) is 3.12. The van der Waals surface area contributed by atoms with Crippen LogP contribution < -0.4 is 9.47 Å². The lowest BCUT2D eigenvalue weighted by atomic mass is 10.2. The van der Waals surface area contributed by atoms with Crippen molar-refractivity contribution in [3.8, 4) is 23.4 Å². The fourth-order valence-electron chi connectivity index (χ4n) is 1.97. The number of aromatic nitrogens is 2. The first-order valence-corrected chi connectivity index (χ1v) is 7.49. The predicted octanol–water partition coefficient (Wildman–Crippen LogP) is 4.37. The van der Waals surface area contributed by atoms with Crippen LogP contribution in [0.5, 0.6) is 17.4 Å². The number of hydrogen-bond acceptors (Lipinski definition) is 5. The van der Waals surface area contributed by atoms with Crippen LogP contribution in [0, 0.1) is 11.3 Å². The molecule has 0 unspecified atom stereocenters. The maximum Gasteiger partial charge on any atom is 0.225 e. The van der Waals surface area contributed by atoms with E-state index in [9.17, 15) is 0 Å². The second-order valence-corrected chi connectivity index (χ2v) is 5.18. The zero-order valence-electron chi connectivity index (χ0n) is 12.5. The van der Waals surface area contributed by atoms with Crippen LogP contribution >= 0.6 is 11.6 Å². The molecule has 0 aliphatic heterocycles. The van der Waals surface area contributed by atoms with Gasteiger partial charge in [0.1, 0.15) is 18.1 Å². The molecule has 5 nitrogen and oxygen atoms in total. The van der Waals surface area contributed by atoms with E-state index in [2.05, 4.69) is 16.0 Å². The second-order valence-electron chi connectivity index (χ2n) is 4.84. The van der Waals surface area contributed by atoms with Crippen LogP contribution in [0.3, 0.4) is 0 Å².